The summed E-state index contributed by atoms with van der Waals surface area (Å²) >= 11 is 3.19. The Morgan fingerprint density at radius 3 is 3.10 bits per heavy atom. The molecule has 2 aromatic rings. The van der Waals surface area contributed by atoms with E-state index in [0.717, 1.165) is 47.4 Å². The van der Waals surface area contributed by atoms with Gasteiger partial charge in [0.2, 0.25) is 0 Å². The van der Waals surface area contributed by atoms with Crippen LogP contribution in [-0.4, -0.2) is 34.0 Å². The van der Waals surface area contributed by atoms with Gasteiger partial charge in [0.15, 0.2) is 5.78 Å². The molecule has 0 bridgehead atoms. The smallest absolute Gasteiger partial charge is 0.177 e. The van der Waals surface area contributed by atoms with E-state index >= 15 is 0 Å². The van der Waals surface area contributed by atoms with Gasteiger partial charge in [0.25, 0.3) is 0 Å². The molecular formula is C14H17N3OS2. The molecule has 0 unspecified atom stereocenters. The van der Waals surface area contributed by atoms with Crippen molar-refractivity contribution in [2.75, 3.05) is 13.1 Å². The van der Waals surface area contributed by atoms with Crippen molar-refractivity contribution in [1.29, 1.82) is 0 Å². The molecule has 1 aliphatic heterocycles. The highest BCUT2D eigenvalue weighted by atomic mass is 32.1. The molecule has 4 nitrogen and oxygen atoms in total. The number of Topliss-reactive ketones (excluding diaryl/α,β-unsaturated/α-hetero) is 1. The number of carbonyl (C=O) groups excluding carboxylic acids is 1. The van der Waals surface area contributed by atoms with Crippen LogP contribution in [0.1, 0.15) is 32.5 Å². The number of ketones is 1. The maximum Gasteiger partial charge on any atom is 0.177 e. The molecule has 1 atom stereocenters. The van der Waals surface area contributed by atoms with Crippen LogP contribution in [0.3, 0.4) is 0 Å². The zero-order chi connectivity index (χ0) is 13.9. The Balaban J connectivity index is 1.63. The van der Waals surface area contributed by atoms with Crippen molar-refractivity contribution in [3.05, 3.63) is 32.4 Å². The Morgan fingerprint density at radius 2 is 2.40 bits per heavy atom. The molecule has 0 aromatic carbocycles. The van der Waals surface area contributed by atoms with Gasteiger partial charge in [0.1, 0.15) is 10.0 Å². The van der Waals surface area contributed by atoms with Crippen LogP contribution in [0.25, 0.3) is 0 Å². The number of rotatable bonds is 4. The van der Waals surface area contributed by atoms with Crippen LogP contribution >= 0.6 is 22.7 Å². The number of likely N-dealkylation sites (tertiary alicyclic amines) is 1. The summed E-state index contributed by atoms with van der Waals surface area (Å²) in [6.07, 6.45) is 2.09. The minimum atomic E-state index is 0.136. The molecule has 1 aliphatic rings. The van der Waals surface area contributed by atoms with Gasteiger partial charge in [-0.1, -0.05) is 6.07 Å². The largest absolute Gasteiger partial charge is 0.296 e. The monoisotopic (exact) mass is 307 g/mol. The molecular weight excluding hydrogens is 290 g/mol. The van der Waals surface area contributed by atoms with Gasteiger partial charge >= 0.3 is 0 Å². The van der Waals surface area contributed by atoms with Gasteiger partial charge in [-0.15, -0.1) is 32.9 Å². The molecule has 0 amide bonds. The fraction of sp³-hybridized carbons (Fsp3) is 0.500. The van der Waals surface area contributed by atoms with Crippen molar-refractivity contribution < 1.29 is 4.79 Å². The molecule has 3 rings (SSSR count). The summed E-state index contributed by atoms with van der Waals surface area (Å²) in [6.45, 7) is 4.68. The van der Waals surface area contributed by atoms with Crippen LogP contribution in [0.15, 0.2) is 17.5 Å². The van der Waals surface area contributed by atoms with Crippen LogP contribution in [0, 0.1) is 12.8 Å². The number of hydrogen-bond donors (Lipinski definition) is 0. The van der Waals surface area contributed by atoms with E-state index in [2.05, 4.69) is 15.1 Å². The van der Waals surface area contributed by atoms with Gasteiger partial charge in [-0.25, -0.2) is 0 Å². The molecule has 0 spiro atoms. The Kier molecular flexibility index (Phi) is 4.24. The van der Waals surface area contributed by atoms with Gasteiger partial charge in [0, 0.05) is 12.5 Å². The lowest BCUT2D eigenvalue weighted by atomic mass is 9.93. The third-order valence-electron chi connectivity index (χ3n) is 3.57. The highest BCUT2D eigenvalue weighted by molar-refractivity contribution is 7.12. The van der Waals surface area contributed by atoms with Gasteiger partial charge in [-0.05, 0) is 37.8 Å². The average Bonchev–Trinajstić information content (AvgIpc) is 3.10. The lowest BCUT2D eigenvalue weighted by molar-refractivity contribution is 0.0815. The number of aryl methyl sites for hydroxylation is 1. The summed E-state index contributed by atoms with van der Waals surface area (Å²) in [7, 11) is 0. The van der Waals surface area contributed by atoms with Crippen molar-refractivity contribution in [3.63, 3.8) is 0 Å². The Hall–Kier alpha value is -1.11. The first kappa shape index (κ1) is 13.9. The first-order chi connectivity index (χ1) is 9.72. The molecule has 0 saturated carbocycles. The first-order valence-electron chi connectivity index (χ1n) is 6.81. The number of thiophene rings is 1. The molecule has 1 saturated heterocycles. The maximum absolute atomic E-state index is 12.4. The average molecular weight is 307 g/mol. The van der Waals surface area contributed by atoms with Crippen molar-refractivity contribution in [3.8, 4) is 0 Å². The van der Waals surface area contributed by atoms with E-state index in [1.807, 2.05) is 24.4 Å². The third-order valence-corrected chi connectivity index (χ3v) is 5.27. The Labute approximate surface area is 126 Å². The van der Waals surface area contributed by atoms with Crippen molar-refractivity contribution >= 4 is 28.5 Å². The fourth-order valence-corrected chi connectivity index (χ4v) is 4.12. The molecule has 106 valence electrons. The van der Waals surface area contributed by atoms with Gasteiger partial charge in [0.05, 0.1) is 11.4 Å². The second kappa shape index (κ2) is 6.11. The number of nitrogens with zero attached hydrogens (tertiary/aromatic N) is 3. The van der Waals surface area contributed by atoms with E-state index in [1.165, 1.54) is 0 Å². The van der Waals surface area contributed by atoms with Gasteiger partial charge in [-0.3, -0.25) is 9.69 Å². The second-order valence-corrected chi connectivity index (χ2v) is 7.34. The standard InChI is InChI=1S/C14H17N3OS2/c1-10-15-16-13(20-10)9-17-6-2-4-11(8-17)14(18)12-5-3-7-19-12/h3,5,7,11H,2,4,6,8-9H2,1H3/t11-/m1/s1. The highest BCUT2D eigenvalue weighted by Crippen LogP contribution is 2.24. The fourth-order valence-electron chi connectivity index (χ4n) is 2.63. The van der Waals surface area contributed by atoms with E-state index in [0.29, 0.717) is 5.78 Å². The lowest BCUT2D eigenvalue weighted by Gasteiger charge is -2.30. The van der Waals surface area contributed by atoms with Crippen LogP contribution in [0.5, 0.6) is 0 Å². The molecule has 2 aromatic heterocycles. The van der Waals surface area contributed by atoms with Gasteiger partial charge in [-0.2, -0.15) is 0 Å². The molecule has 0 radical (unpaired) electrons. The van der Waals surface area contributed by atoms with E-state index < -0.39 is 0 Å². The Bertz CT molecular complexity index is 579. The van der Waals surface area contributed by atoms with E-state index in [1.54, 1.807) is 22.7 Å². The predicted molar refractivity (Wildman–Crippen MR) is 81.3 cm³/mol. The molecule has 6 heteroatoms. The first-order valence-corrected chi connectivity index (χ1v) is 8.51. The summed E-state index contributed by atoms with van der Waals surface area (Å²) in [6, 6.07) is 3.88. The molecule has 0 N–H and O–H groups in total. The molecule has 1 fully saturated rings. The minimum absolute atomic E-state index is 0.136. The zero-order valence-corrected chi connectivity index (χ0v) is 13.0. The van der Waals surface area contributed by atoms with Crippen LogP contribution in [-0.2, 0) is 6.54 Å². The summed E-state index contributed by atoms with van der Waals surface area (Å²) in [5.41, 5.74) is 0. The quantitative estimate of drug-likeness (QED) is 0.815. The Morgan fingerprint density at radius 1 is 1.50 bits per heavy atom. The summed E-state index contributed by atoms with van der Waals surface area (Å²) < 4.78 is 0. The van der Waals surface area contributed by atoms with E-state index in [4.69, 9.17) is 0 Å². The van der Waals surface area contributed by atoms with Crippen molar-refractivity contribution in [1.82, 2.24) is 15.1 Å². The van der Waals surface area contributed by atoms with Crippen LogP contribution in [0.2, 0.25) is 0 Å². The number of hydrogen-bond acceptors (Lipinski definition) is 6. The third kappa shape index (κ3) is 3.13. The van der Waals surface area contributed by atoms with Gasteiger partial charge < -0.3 is 0 Å². The second-order valence-electron chi connectivity index (χ2n) is 5.13. The summed E-state index contributed by atoms with van der Waals surface area (Å²) in [4.78, 5) is 15.6. The lowest BCUT2D eigenvalue weighted by Crippen LogP contribution is -2.38. The zero-order valence-electron chi connectivity index (χ0n) is 11.4. The van der Waals surface area contributed by atoms with Crippen LogP contribution in [0.4, 0.5) is 0 Å². The van der Waals surface area contributed by atoms with Crippen molar-refractivity contribution in [2.24, 2.45) is 5.92 Å². The topological polar surface area (TPSA) is 46.1 Å². The number of aromatic nitrogens is 2. The predicted octanol–water partition coefficient (Wildman–Crippen LogP) is 3.00. The highest BCUT2D eigenvalue weighted by Gasteiger charge is 2.27. The normalized spacial score (nSPS) is 20.1. The van der Waals surface area contributed by atoms with E-state index in [9.17, 15) is 4.79 Å². The number of carbonyl (C=O) groups is 1. The van der Waals surface area contributed by atoms with E-state index in [-0.39, 0.29) is 5.92 Å². The minimum Gasteiger partial charge on any atom is -0.296 e. The molecule has 20 heavy (non-hydrogen) atoms. The summed E-state index contributed by atoms with van der Waals surface area (Å²) in [5.74, 6) is 0.439. The van der Waals surface area contributed by atoms with Crippen molar-refractivity contribution in [2.45, 2.75) is 26.3 Å². The summed E-state index contributed by atoms with van der Waals surface area (Å²) in [5, 5.41) is 12.2. The SMILES string of the molecule is Cc1nnc(CN2CCC[C@@H](C(=O)c3cccs3)C2)s1. The molecule has 3 heterocycles. The molecule has 0 aliphatic carbocycles. The maximum atomic E-state index is 12.4. The number of piperidine rings is 1. The van der Waals surface area contributed by atoms with Crippen LogP contribution < -0.4 is 0 Å².